The van der Waals surface area contributed by atoms with Gasteiger partial charge in [-0.25, -0.2) is 0 Å². The Kier molecular flexibility index (Phi) is 3.78. The third kappa shape index (κ3) is 6.54. The number of hydrogen-bond acceptors (Lipinski definition) is 1. The van der Waals surface area contributed by atoms with Crippen LogP contribution in [-0.2, 0) is 4.79 Å². The summed E-state index contributed by atoms with van der Waals surface area (Å²) in [6.07, 6.45) is 2.04. The van der Waals surface area contributed by atoms with Crippen LogP contribution in [0.5, 0.6) is 0 Å². The van der Waals surface area contributed by atoms with E-state index in [0.29, 0.717) is 0 Å². The zero-order valence-electron chi connectivity index (χ0n) is 3.96. The molecule has 0 aromatic carbocycles. The molecule has 0 atom stereocenters. The van der Waals surface area contributed by atoms with Crippen LogP contribution < -0.4 is 0 Å². The quantitative estimate of drug-likeness (QED) is 0.587. The van der Waals surface area contributed by atoms with Crippen molar-refractivity contribution in [1.82, 2.24) is 0 Å². The fourth-order valence-electron chi connectivity index (χ4n) is 0.193. The van der Waals surface area contributed by atoms with E-state index < -0.39 is 3.79 Å². The van der Waals surface area contributed by atoms with Crippen molar-refractivity contribution >= 4 is 41.1 Å². The molecule has 0 saturated carbocycles. The second-order valence-corrected chi connectivity index (χ2v) is 3.78. The number of hydrogen-bond donors (Lipinski definition) is 0. The average Bonchev–Trinajstić information content (AvgIpc) is 1.59. The van der Waals surface area contributed by atoms with E-state index in [4.69, 9.17) is 34.8 Å². The maximum atomic E-state index is 9.55. The highest BCUT2D eigenvalue weighted by atomic mass is 35.6. The van der Waals surface area contributed by atoms with Crippen LogP contribution in [0.15, 0.2) is 0 Å². The summed E-state index contributed by atoms with van der Waals surface area (Å²) in [6.45, 7) is 0. The fourth-order valence-corrected chi connectivity index (χ4v) is 0.476. The zero-order chi connectivity index (χ0) is 6.62. The molecule has 0 aliphatic rings. The van der Waals surface area contributed by atoms with Crippen molar-refractivity contribution in [3.8, 4) is 0 Å². The lowest BCUT2D eigenvalue weighted by atomic mass is 10.4. The van der Waals surface area contributed by atoms with Crippen molar-refractivity contribution in [2.24, 2.45) is 0 Å². The van der Waals surface area contributed by atoms with E-state index >= 15 is 0 Å². The van der Waals surface area contributed by atoms with Gasteiger partial charge in [0.25, 0.3) is 0 Å². The van der Waals surface area contributed by atoms with E-state index in [0.717, 1.165) is 0 Å². The number of alkyl halides is 3. The molecule has 47 valence electrons. The minimum atomic E-state index is -1.29. The van der Waals surface area contributed by atoms with Gasteiger partial charge in [0.15, 0.2) is 10.1 Å². The van der Waals surface area contributed by atoms with Crippen LogP contribution in [0.2, 0.25) is 0 Å². The van der Waals surface area contributed by atoms with Crippen molar-refractivity contribution in [1.29, 1.82) is 0 Å². The standard InChI is InChI=1S/C4H4Cl3O/c5-4(6,7)2-1-3-8/h1-2H2. The molecule has 1 radical (unpaired) electrons. The van der Waals surface area contributed by atoms with Crippen molar-refractivity contribution in [3.05, 3.63) is 0 Å². The maximum absolute atomic E-state index is 9.55. The predicted molar refractivity (Wildman–Crippen MR) is 35.2 cm³/mol. The van der Waals surface area contributed by atoms with Crippen LogP contribution in [0, 0.1) is 0 Å². The minimum absolute atomic E-state index is 0.177. The van der Waals surface area contributed by atoms with Crippen LogP contribution in [0.4, 0.5) is 0 Å². The first-order valence-electron chi connectivity index (χ1n) is 1.98. The van der Waals surface area contributed by atoms with Gasteiger partial charge in [-0.3, -0.25) is 4.79 Å². The normalized spacial score (nSPS) is 11.4. The molecule has 0 rings (SSSR count). The Bertz CT molecular complexity index is 75.8. The molecule has 0 N–H and O–H groups in total. The second-order valence-electron chi connectivity index (χ2n) is 1.26. The van der Waals surface area contributed by atoms with E-state index in [-0.39, 0.29) is 12.8 Å². The topological polar surface area (TPSA) is 17.1 Å². The van der Waals surface area contributed by atoms with Gasteiger partial charge < -0.3 is 0 Å². The molecule has 0 aliphatic carbocycles. The van der Waals surface area contributed by atoms with E-state index in [1.54, 1.807) is 6.29 Å². The zero-order valence-corrected chi connectivity index (χ0v) is 6.22. The highest BCUT2D eigenvalue weighted by Gasteiger charge is 2.17. The van der Waals surface area contributed by atoms with Crippen LogP contribution in [0.3, 0.4) is 0 Å². The average molecular weight is 174 g/mol. The smallest absolute Gasteiger partial charge is 0.198 e. The number of carbonyl (C=O) groups excluding carboxylic acids is 1. The van der Waals surface area contributed by atoms with Gasteiger partial charge in [-0.05, 0) is 0 Å². The van der Waals surface area contributed by atoms with Crippen molar-refractivity contribution in [2.45, 2.75) is 16.6 Å². The van der Waals surface area contributed by atoms with Crippen molar-refractivity contribution in [3.63, 3.8) is 0 Å². The molecule has 1 nitrogen and oxygen atoms in total. The summed E-state index contributed by atoms with van der Waals surface area (Å²) in [7, 11) is 0. The highest BCUT2D eigenvalue weighted by Crippen LogP contribution is 2.30. The van der Waals surface area contributed by atoms with Gasteiger partial charge >= 0.3 is 0 Å². The van der Waals surface area contributed by atoms with Gasteiger partial charge in [0, 0.05) is 12.8 Å². The van der Waals surface area contributed by atoms with Gasteiger partial charge in [-0.15, -0.1) is 0 Å². The first-order chi connectivity index (χ1) is 3.56. The Balaban J connectivity index is 3.24. The molecule has 0 aliphatic heterocycles. The molecule has 0 unspecified atom stereocenters. The lowest BCUT2D eigenvalue weighted by Crippen LogP contribution is -2.00. The third-order valence-electron chi connectivity index (χ3n) is 0.511. The Labute approximate surface area is 62.9 Å². The van der Waals surface area contributed by atoms with Gasteiger partial charge in [-0.2, -0.15) is 0 Å². The molecule has 8 heavy (non-hydrogen) atoms. The van der Waals surface area contributed by atoms with Crippen LogP contribution in [-0.4, -0.2) is 10.1 Å². The second kappa shape index (κ2) is 3.54. The maximum Gasteiger partial charge on any atom is 0.198 e. The lowest BCUT2D eigenvalue weighted by Gasteiger charge is -2.05. The SMILES string of the molecule is O=[C]CCC(Cl)(Cl)Cl. The fraction of sp³-hybridized carbons (Fsp3) is 0.750. The molecule has 0 heterocycles. The highest BCUT2D eigenvalue weighted by molar-refractivity contribution is 6.67. The summed E-state index contributed by atoms with van der Waals surface area (Å²) in [5, 5.41) is 0. The molecular weight excluding hydrogens is 170 g/mol. The lowest BCUT2D eigenvalue weighted by molar-refractivity contribution is 0.549. The van der Waals surface area contributed by atoms with Gasteiger partial charge in [0.05, 0.1) is 0 Å². The summed E-state index contributed by atoms with van der Waals surface area (Å²) in [4.78, 5) is 9.55. The Morgan fingerprint density at radius 2 is 1.88 bits per heavy atom. The van der Waals surface area contributed by atoms with Gasteiger partial charge in [0.2, 0.25) is 0 Å². The van der Waals surface area contributed by atoms with E-state index in [1.807, 2.05) is 0 Å². The first-order valence-corrected chi connectivity index (χ1v) is 3.11. The van der Waals surface area contributed by atoms with E-state index in [1.165, 1.54) is 0 Å². The van der Waals surface area contributed by atoms with E-state index in [2.05, 4.69) is 0 Å². The largest absolute Gasteiger partial charge is 0.291 e. The Morgan fingerprint density at radius 3 is 2.00 bits per heavy atom. The van der Waals surface area contributed by atoms with Crippen LogP contribution >= 0.6 is 34.8 Å². The molecule has 0 aromatic heterocycles. The minimum Gasteiger partial charge on any atom is -0.291 e. The summed E-state index contributed by atoms with van der Waals surface area (Å²) >= 11 is 15.8. The molecule has 4 heteroatoms. The first kappa shape index (κ1) is 8.54. The molecule has 0 bridgehead atoms. The Morgan fingerprint density at radius 1 is 1.38 bits per heavy atom. The molecule has 0 spiro atoms. The number of rotatable bonds is 2. The molecular formula is C4H4Cl3O. The summed E-state index contributed by atoms with van der Waals surface area (Å²) in [6, 6.07) is 0. The van der Waals surface area contributed by atoms with Crippen molar-refractivity contribution in [2.75, 3.05) is 0 Å². The van der Waals surface area contributed by atoms with E-state index in [9.17, 15) is 4.79 Å². The monoisotopic (exact) mass is 173 g/mol. The molecule has 0 amide bonds. The van der Waals surface area contributed by atoms with Crippen molar-refractivity contribution < 1.29 is 4.79 Å². The summed E-state index contributed by atoms with van der Waals surface area (Å²) in [5.74, 6) is 0. The molecule has 0 aromatic rings. The van der Waals surface area contributed by atoms with Crippen LogP contribution in [0.1, 0.15) is 12.8 Å². The summed E-state index contributed by atoms with van der Waals surface area (Å²) in [5.41, 5.74) is 0. The Hall–Kier alpha value is 0.540. The number of halogens is 3. The summed E-state index contributed by atoms with van der Waals surface area (Å²) < 4.78 is -1.29. The van der Waals surface area contributed by atoms with Crippen LogP contribution in [0.25, 0.3) is 0 Å². The third-order valence-corrected chi connectivity index (χ3v) is 1.08. The molecule has 0 fully saturated rings. The molecule has 0 saturated heterocycles. The van der Waals surface area contributed by atoms with Gasteiger partial charge in [-0.1, -0.05) is 34.8 Å². The van der Waals surface area contributed by atoms with Gasteiger partial charge in [0.1, 0.15) is 0 Å². The predicted octanol–water partition coefficient (Wildman–Crippen LogP) is 2.25.